The summed E-state index contributed by atoms with van der Waals surface area (Å²) in [5.41, 5.74) is 0.842. The van der Waals surface area contributed by atoms with Crippen molar-refractivity contribution in [3.8, 4) is 0 Å². The van der Waals surface area contributed by atoms with E-state index in [9.17, 15) is 4.79 Å². The van der Waals surface area contributed by atoms with Crippen LogP contribution in [0.3, 0.4) is 0 Å². The normalized spacial score (nSPS) is 11.3. The second-order valence-electron chi connectivity index (χ2n) is 4.66. The molecule has 1 rings (SSSR count). The first-order valence-corrected chi connectivity index (χ1v) is 7.53. The van der Waals surface area contributed by atoms with Crippen LogP contribution >= 0.6 is 0 Å². The number of nitrogens with zero attached hydrogens (tertiary/aromatic N) is 1. The molecule has 0 saturated heterocycles. The van der Waals surface area contributed by atoms with Gasteiger partial charge in [-0.3, -0.25) is 9.79 Å². The molecule has 0 radical (unpaired) electrons. The van der Waals surface area contributed by atoms with Gasteiger partial charge in [-0.25, -0.2) is 0 Å². The molecule has 0 aromatic carbocycles. The Kier molecular flexibility index (Phi) is 8.74. The lowest BCUT2D eigenvalue weighted by molar-refractivity contribution is 0.0925. The van der Waals surface area contributed by atoms with Crippen LogP contribution in [0.2, 0.25) is 0 Å². The second-order valence-corrected chi connectivity index (χ2v) is 4.66. The molecule has 7 nitrogen and oxygen atoms in total. The molecular formula is C15H26N4O3. The van der Waals surface area contributed by atoms with Gasteiger partial charge in [-0.1, -0.05) is 0 Å². The summed E-state index contributed by atoms with van der Waals surface area (Å²) in [6.07, 6.45) is 2.31. The predicted octanol–water partition coefficient (Wildman–Crippen LogP) is 0.909. The van der Waals surface area contributed by atoms with Crippen LogP contribution in [0.15, 0.2) is 21.7 Å². The Morgan fingerprint density at radius 1 is 1.27 bits per heavy atom. The van der Waals surface area contributed by atoms with Gasteiger partial charge >= 0.3 is 0 Å². The molecular weight excluding hydrogens is 284 g/mol. The van der Waals surface area contributed by atoms with Crippen molar-refractivity contribution in [2.75, 3.05) is 39.9 Å². The van der Waals surface area contributed by atoms with Crippen LogP contribution in [0.5, 0.6) is 0 Å². The molecule has 0 aliphatic heterocycles. The smallest absolute Gasteiger partial charge is 0.287 e. The molecule has 1 amide bonds. The predicted molar refractivity (Wildman–Crippen MR) is 86.3 cm³/mol. The summed E-state index contributed by atoms with van der Waals surface area (Å²) in [6, 6.07) is 1.77. The highest BCUT2D eigenvalue weighted by Gasteiger charge is 2.11. The second kappa shape index (κ2) is 10.7. The molecule has 0 aliphatic carbocycles. The summed E-state index contributed by atoms with van der Waals surface area (Å²) in [4.78, 5) is 15.9. The van der Waals surface area contributed by atoms with E-state index >= 15 is 0 Å². The van der Waals surface area contributed by atoms with Crippen molar-refractivity contribution >= 4 is 11.9 Å². The Morgan fingerprint density at radius 2 is 2.00 bits per heavy atom. The molecule has 22 heavy (non-hydrogen) atoms. The fourth-order valence-corrected chi connectivity index (χ4v) is 1.79. The van der Waals surface area contributed by atoms with Crippen LogP contribution in [0.25, 0.3) is 0 Å². The van der Waals surface area contributed by atoms with Crippen molar-refractivity contribution in [1.29, 1.82) is 0 Å². The number of furan rings is 1. The molecule has 0 spiro atoms. The zero-order chi connectivity index (χ0) is 16.2. The monoisotopic (exact) mass is 310 g/mol. The van der Waals surface area contributed by atoms with Gasteiger partial charge in [0.1, 0.15) is 0 Å². The zero-order valence-electron chi connectivity index (χ0n) is 13.6. The highest BCUT2D eigenvalue weighted by atomic mass is 16.5. The molecule has 0 aliphatic rings. The number of amides is 1. The van der Waals surface area contributed by atoms with Gasteiger partial charge in [0.25, 0.3) is 5.91 Å². The summed E-state index contributed by atoms with van der Waals surface area (Å²) in [5.74, 6) is 0.927. The number of guanidine groups is 1. The Morgan fingerprint density at radius 3 is 2.64 bits per heavy atom. The maximum absolute atomic E-state index is 11.8. The number of aryl methyl sites for hydroxylation is 1. The lowest BCUT2D eigenvalue weighted by Crippen LogP contribution is -2.40. The van der Waals surface area contributed by atoms with E-state index in [4.69, 9.17) is 9.15 Å². The summed E-state index contributed by atoms with van der Waals surface area (Å²) in [6.45, 7) is 7.16. The van der Waals surface area contributed by atoms with Gasteiger partial charge in [-0.05, 0) is 26.3 Å². The van der Waals surface area contributed by atoms with Crippen LogP contribution in [0.4, 0.5) is 0 Å². The largest absolute Gasteiger partial charge is 0.459 e. The number of rotatable bonds is 9. The first-order valence-electron chi connectivity index (χ1n) is 7.53. The van der Waals surface area contributed by atoms with Crippen molar-refractivity contribution < 1.29 is 13.9 Å². The third kappa shape index (κ3) is 6.62. The van der Waals surface area contributed by atoms with E-state index in [-0.39, 0.29) is 5.91 Å². The number of nitrogens with one attached hydrogen (secondary N) is 3. The van der Waals surface area contributed by atoms with Crippen molar-refractivity contribution in [3.63, 3.8) is 0 Å². The van der Waals surface area contributed by atoms with Gasteiger partial charge < -0.3 is 25.1 Å². The quantitative estimate of drug-likeness (QED) is 0.358. The fraction of sp³-hybridized carbons (Fsp3) is 0.600. The van der Waals surface area contributed by atoms with Gasteiger partial charge in [0.2, 0.25) is 0 Å². The van der Waals surface area contributed by atoms with E-state index in [1.54, 1.807) is 13.1 Å². The van der Waals surface area contributed by atoms with Gasteiger partial charge in [0.05, 0.1) is 12.9 Å². The molecule has 1 aromatic heterocycles. The third-order valence-electron chi connectivity index (χ3n) is 2.97. The SMILES string of the molecule is CCOCCNC(=NC)NCCCNC(=O)c1occc1C. The van der Waals surface area contributed by atoms with E-state index in [0.29, 0.717) is 38.6 Å². The molecule has 1 aromatic rings. The van der Waals surface area contributed by atoms with Crippen molar-refractivity contribution in [3.05, 3.63) is 23.7 Å². The van der Waals surface area contributed by atoms with Crippen LogP contribution < -0.4 is 16.0 Å². The summed E-state index contributed by atoms with van der Waals surface area (Å²) in [7, 11) is 1.72. The molecule has 0 fully saturated rings. The summed E-state index contributed by atoms with van der Waals surface area (Å²) < 4.78 is 10.4. The van der Waals surface area contributed by atoms with Crippen molar-refractivity contribution in [1.82, 2.24) is 16.0 Å². The number of hydrogen-bond acceptors (Lipinski definition) is 4. The van der Waals surface area contributed by atoms with Gasteiger partial charge in [0, 0.05) is 38.9 Å². The van der Waals surface area contributed by atoms with E-state index in [1.807, 2.05) is 13.8 Å². The molecule has 0 atom stereocenters. The van der Waals surface area contributed by atoms with Gasteiger partial charge in [-0.15, -0.1) is 0 Å². The number of hydrogen-bond donors (Lipinski definition) is 3. The van der Waals surface area contributed by atoms with E-state index < -0.39 is 0 Å². The maximum Gasteiger partial charge on any atom is 0.287 e. The minimum Gasteiger partial charge on any atom is -0.459 e. The lowest BCUT2D eigenvalue weighted by atomic mass is 10.2. The standard InChI is InChI=1S/C15H26N4O3/c1-4-21-11-9-19-15(16-3)18-8-5-7-17-14(20)13-12(2)6-10-22-13/h6,10H,4-5,7-9,11H2,1-3H3,(H,17,20)(H2,16,18,19). The molecule has 1 heterocycles. The average molecular weight is 310 g/mol. The first-order chi connectivity index (χ1) is 10.7. The van der Waals surface area contributed by atoms with Crippen molar-refractivity contribution in [2.45, 2.75) is 20.3 Å². The van der Waals surface area contributed by atoms with Crippen molar-refractivity contribution in [2.24, 2.45) is 4.99 Å². The molecule has 124 valence electrons. The third-order valence-corrected chi connectivity index (χ3v) is 2.97. The first kappa shape index (κ1) is 18.0. The van der Waals surface area contributed by atoms with E-state index in [0.717, 1.165) is 17.9 Å². The number of carbonyl (C=O) groups is 1. The summed E-state index contributed by atoms with van der Waals surface area (Å²) >= 11 is 0. The number of ether oxygens (including phenoxy) is 1. The Labute approximate surface area is 131 Å². The topological polar surface area (TPSA) is 87.9 Å². The Balaban J connectivity index is 2.11. The summed E-state index contributed by atoms with van der Waals surface area (Å²) in [5, 5.41) is 9.14. The minimum atomic E-state index is -0.179. The fourth-order valence-electron chi connectivity index (χ4n) is 1.79. The van der Waals surface area contributed by atoms with E-state index in [2.05, 4.69) is 20.9 Å². The molecule has 0 saturated carbocycles. The molecule has 0 bridgehead atoms. The number of aliphatic imine (C=N–C) groups is 1. The van der Waals surface area contributed by atoms with Gasteiger partial charge in [-0.2, -0.15) is 0 Å². The molecule has 7 heteroatoms. The average Bonchev–Trinajstić information content (AvgIpc) is 2.95. The highest BCUT2D eigenvalue weighted by Crippen LogP contribution is 2.07. The highest BCUT2D eigenvalue weighted by molar-refractivity contribution is 5.92. The maximum atomic E-state index is 11.8. The molecule has 3 N–H and O–H groups in total. The zero-order valence-corrected chi connectivity index (χ0v) is 13.6. The van der Waals surface area contributed by atoms with Crippen LogP contribution in [-0.4, -0.2) is 51.8 Å². The van der Waals surface area contributed by atoms with Crippen LogP contribution in [-0.2, 0) is 4.74 Å². The molecule has 0 unspecified atom stereocenters. The lowest BCUT2D eigenvalue weighted by Gasteiger charge is -2.11. The Hall–Kier alpha value is -2.02. The van der Waals surface area contributed by atoms with Gasteiger partial charge in [0.15, 0.2) is 11.7 Å². The number of carbonyl (C=O) groups excluding carboxylic acids is 1. The van der Waals surface area contributed by atoms with Crippen LogP contribution in [0, 0.1) is 6.92 Å². The minimum absolute atomic E-state index is 0.179. The van der Waals surface area contributed by atoms with Crippen LogP contribution in [0.1, 0.15) is 29.5 Å². The Bertz CT molecular complexity index is 471. The van der Waals surface area contributed by atoms with E-state index in [1.165, 1.54) is 6.26 Å².